The molecule has 142 valence electrons. The van der Waals surface area contributed by atoms with Gasteiger partial charge in [-0.25, -0.2) is 0 Å². The maximum atomic E-state index is 2.35. The van der Waals surface area contributed by atoms with Crippen LogP contribution in [0.4, 0.5) is 0 Å². The van der Waals surface area contributed by atoms with Gasteiger partial charge in [0, 0.05) is 20.1 Å². The smallest absolute Gasteiger partial charge is 0 e. The van der Waals surface area contributed by atoms with Gasteiger partial charge in [-0.2, -0.15) is 0 Å². The van der Waals surface area contributed by atoms with Crippen molar-refractivity contribution in [3.8, 4) is 0 Å². The molecule has 0 N–H and O–H groups in total. The molecule has 24 heavy (non-hydrogen) atoms. The molecular weight excluding hydrogens is 487 g/mol. The van der Waals surface area contributed by atoms with Crippen molar-refractivity contribution < 1.29 is 20.1 Å². The molecular formula is C22H40IrP. The number of rotatable bonds is 3. The predicted octanol–water partition coefficient (Wildman–Crippen LogP) is 7.46. The van der Waals surface area contributed by atoms with Crippen LogP contribution in [0.2, 0.25) is 0 Å². The van der Waals surface area contributed by atoms with Crippen molar-refractivity contribution in [1.29, 1.82) is 0 Å². The van der Waals surface area contributed by atoms with Gasteiger partial charge in [-0.3, -0.25) is 0 Å². The molecule has 2 aliphatic carbocycles. The van der Waals surface area contributed by atoms with Crippen molar-refractivity contribution in [1.82, 2.24) is 0 Å². The topological polar surface area (TPSA) is 0 Å². The zero-order valence-electron chi connectivity index (χ0n) is 16.8. The summed E-state index contributed by atoms with van der Waals surface area (Å²) >= 11 is 0. The summed E-state index contributed by atoms with van der Waals surface area (Å²) in [5.74, 6) is 0. The molecule has 2 fully saturated rings. The molecule has 2 aliphatic rings. The van der Waals surface area contributed by atoms with E-state index in [2.05, 4.69) is 54.4 Å². The second-order valence-electron chi connectivity index (χ2n) is 7.15. The molecule has 0 saturated heterocycles. The van der Waals surface area contributed by atoms with Crippen LogP contribution in [0.1, 0.15) is 80.1 Å². The van der Waals surface area contributed by atoms with E-state index >= 15 is 0 Å². The summed E-state index contributed by atoms with van der Waals surface area (Å²) in [5.41, 5.74) is 2.69. The Hall–Kier alpha value is 1.08. The molecule has 0 atom stereocenters. The van der Waals surface area contributed by atoms with Crippen molar-refractivity contribution in [3.63, 3.8) is 0 Å². The minimum atomic E-state index is 0. The van der Waals surface area contributed by atoms with E-state index in [9.17, 15) is 0 Å². The average molecular weight is 528 g/mol. The third kappa shape index (κ3) is 16.5. The van der Waals surface area contributed by atoms with Gasteiger partial charge in [-0.05, 0) is 74.8 Å². The first-order valence-electron chi connectivity index (χ1n) is 9.56. The molecule has 2 heteroatoms. The fourth-order valence-electron chi connectivity index (χ4n) is 3.22. The molecule has 0 aromatic carbocycles. The Bertz CT molecular complexity index is 183. The molecule has 0 aromatic heterocycles. The van der Waals surface area contributed by atoms with Crippen molar-refractivity contribution >= 4 is 7.92 Å². The molecule has 0 nitrogen and oxygen atoms in total. The first-order chi connectivity index (χ1) is 11.0. The second kappa shape index (κ2) is 18.9. The summed E-state index contributed by atoms with van der Waals surface area (Å²) in [7, 11) is 0.262. The zero-order chi connectivity index (χ0) is 17.5. The molecule has 2 saturated carbocycles. The maximum Gasteiger partial charge on any atom is 0 e. The normalized spacial score (nSPS) is 18.2. The van der Waals surface area contributed by atoms with Crippen LogP contribution in [0.3, 0.4) is 0 Å². The van der Waals surface area contributed by atoms with Gasteiger partial charge in [0.1, 0.15) is 0 Å². The molecule has 0 aromatic rings. The van der Waals surface area contributed by atoms with E-state index in [0.717, 1.165) is 17.0 Å². The van der Waals surface area contributed by atoms with Crippen molar-refractivity contribution in [3.05, 3.63) is 44.9 Å². The second-order valence-corrected chi connectivity index (χ2v) is 11.1. The van der Waals surface area contributed by atoms with Crippen LogP contribution < -0.4 is 0 Å². The number of hydrogen-bond acceptors (Lipinski definition) is 0. The van der Waals surface area contributed by atoms with Gasteiger partial charge in [0.25, 0.3) is 0 Å². The van der Waals surface area contributed by atoms with Gasteiger partial charge in [0.05, 0.1) is 0 Å². The van der Waals surface area contributed by atoms with E-state index in [1.807, 2.05) is 32.1 Å². The van der Waals surface area contributed by atoms with Crippen LogP contribution in [0.15, 0.2) is 0 Å². The minimum Gasteiger partial charge on any atom is -0.0988 e. The van der Waals surface area contributed by atoms with E-state index in [1.165, 1.54) is 38.5 Å². The predicted molar refractivity (Wildman–Crippen MR) is 110 cm³/mol. The summed E-state index contributed by atoms with van der Waals surface area (Å²) in [5, 5.41) is 0. The molecule has 0 amide bonds. The molecule has 0 spiro atoms. The summed E-state index contributed by atoms with van der Waals surface area (Å²) in [4.78, 5) is 0. The Morgan fingerprint density at radius 2 is 0.833 bits per heavy atom. The Balaban J connectivity index is 0. The van der Waals surface area contributed by atoms with E-state index < -0.39 is 0 Å². The molecule has 0 heterocycles. The third-order valence-electron chi connectivity index (χ3n) is 4.00. The summed E-state index contributed by atoms with van der Waals surface area (Å²) in [6.45, 7) is 14.1. The Labute approximate surface area is 169 Å². The largest absolute Gasteiger partial charge is 0.0988 e. The molecule has 8 radical (unpaired) electrons. The van der Waals surface area contributed by atoms with Gasteiger partial charge in [0.2, 0.25) is 0 Å². The SMILES string of the molecule is CC(C)P(C(C)C)C(C)C.[CH]1[CH]CCCCCC1.[CH]1[CH][CH][CH][CH]1.[Ir]. The maximum absolute atomic E-state index is 2.35. The van der Waals surface area contributed by atoms with Crippen LogP contribution in [0.5, 0.6) is 0 Å². The van der Waals surface area contributed by atoms with Gasteiger partial charge in [0.15, 0.2) is 0 Å². The summed E-state index contributed by atoms with van der Waals surface area (Å²) < 4.78 is 0. The first-order valence-corrected chi connectivity index (χ1v) is 11.1. The molecule has 2 rings (SSSR count). The quantitative estimate of drug-likeness (QED) is 0.334. The summed E-state index contributed by atoms with van der Waals surface area (Å²) in [6, 6.07) is 0. The number of hydrogen-bond donors (Lipinski definition) is 0. The van der Waals surface area contributed by atoms with Crippen LogP contribution >= 0.6 is 7.92 Å². The Kier molecular flexibility index (Phi) is 21.5. The molecule has 0 unspecified atom stereocenters. The fourth-order valence-corrected chi connectivity index (χ4v) is 6.80. The molecule has 0 aliphatic heterocycles. The van der Waals surface area contributed by atoms with Crippen molar-refractivity contribution in [2.24, 2.45) is 0 Å². The first kappa shape index (κ1) is 27.3. The summed E-state index contributed by atoms with van der Waals surface area (Å²) in [6.07, 6.45) is 23.0. The third-order valence-corrected chi connectivity index (χ3v) is 7.58. The van der Waals surface area contributed by atoms with Gasteiger partial charge in [-0.1, -0.05) is 75.1 Å². The van der Waals surface area contributed by atoms with Crippen LogP contribution in [-0.4, -0.2) is 17.0 Å². The standard InChI is InChI=1S/C9H21P.C8H14.C5H5.Ir/c1-7(2)10(8(3)4)9(5)6;1-2-4-6-8-7-5-3-1;1-2-4-5-3-1;/h7-9H,1-6H3;1-2H,3-8H2;1-5H;. The van der Waals surface area contributed by atoms with Gasteiger partial charge >= 0.3 is 0 Å². The molecule has 0 bridgehead atoms. The van der Waals surface area contributed by atoms with E-state index in [1.54, 1.807) is 0 Å². The van der Waals surface area contributed by atoms with Gasteiger partial charge in [-0.15, -0.1) is 0 Å². The van der Waals surface area contributed by atoms with Crippen LogP contribution in [0.25, 0.3) is 0 Å². The minimum absolute atomic E-state index is 0. The monoisotopic (exact) mass is 528 g/mol. The van der Waals surface area contributed by atoms with E-state index in [-0.39, 0.29) is 28.0 Å². The van der Waals surface area contributed by atoms with E-state index in [4.69, 9.17) is 0 Å². The van der Waals surface area contributed by atoms with Crippen molar-refractivity contribution in [2.75, 3.05) is 0 Å². The Morgan fingerprint density at radius 1 is 0.542 bits per heavy atom. The fraction of sp³-hybridized carbons (Fsp3) is 0.682. The van der Waals surface area contributed by atoms with Crippen LogP contribution in [0, 0.1) is 44.9 Å². The Morgan fingerprint density at radius 3 is 1.04 bits per heavy atom. The van der Waals surface area contributed by atoms with E-state index in [0.29, 0.717) is 0 Å². The zero-order valence-corrected chi connectivity index (χ0v) is 20.1. The van der Waals surface area contributed by atoms with Crippen molar-refractivity contribution in [2.45, 2.75) is 97.0 Å². The van der Waals surface area contributed by atoms with Gasteiger partial charge < -0.3 is 0 Å². The average Bonchev–Trinajstić information content (AvgIpc) is 2.95. The van der Waals surface area contributed by atoms with Crippen LogP contribution in [-0.2, 0) is 20.1 Å².